The van der Waals surface area contributed by atoms with Gasteiger partial charge in [0.25, 0.3) is 0 Å². The Kier molecular flexibility index (Phi) is 5.65. The van der Waals surface area contributed by atoms with E-state index in [4.69, 9.17) is 21.1 Å². The highest BCUT2D eigenvalue weighted by molar-refractivity contribution is 6.33. The first-order chi connectivity index (χ1) is 11.5. The van der Waals surface area contributed by atoms with Crippen molar-refractivity contribution in [2.45, 2.75) is 6.92 Å². The molecule has 0 radical (unpaired) electrons. The Labute approximate surface area is 144 Å². The zero-order chi connectivity index (χ0) is 17.7. The summed E-state index contributed by atoms with van der Waals surface area (Å²) >= 11 is 6.04. The van der Waals surface area contributed by atoms with Crippen LogP contribution < -0.4 is 20.0 Å². The van der Waals surface area contributed by atoms with Crippen molar-refractivity contribution in [1.82, 2.24) is 0 Å². The number of aromatic carboxylic acids is 1. The highest BCUT2D eigenvalue weighted by Crippen LogP contribution is 2.26. The second kappa shape index (κ2) is 7.70. The van der Waals surface area contributed by atoms with E-state index in [2.05, 4.69) is 10.5 Å². The molecule has 6 nitrogen and oxygen atoms in total. The summed E-state index contributed by atoms with van der Waals surface area (Å²) in [6.45, 7) is 1.79. The van der Waals surface area contributed by atoms with E-state index < -0.39 is 5.97 Å². The summed E-state index contributed by atoms with van der Waals surface area (Å²) in [4.78, 5) is 10.9. The predicted molar refractivity (Wildman–Crippen MR) is 91.2 cm³/mol. The summed E-state index contributed by atoms with van der Waals surface area (Å²) in [5.74, 6) is -0.0136. The van der Waals surface area contributed by atoms with Crippen molar-refractivity contribution in [2.75, 3.05) is 19.6 Å². The van der Waals surface area contributed by atoms with Gasteiger partial charge < -0.3 is 19.4 Å². The van der Waals surface area contributed by atoms with Gasteiger partial charge in [-0.25, -0.2) is 0 Å². The molecule has 1 N–H and O–H groups in total. The van der Waals surface area contributed by atoms with Crippen LogP contribution in [0, 0.1) is 0 Å². The van der Waals surface area contributed by atoms with Crippen LogP contribution in [0.15, 0.2) is 41.5 Å². The monoisotopic (exact) mass is 347 g/mol. The van der Waals surface area contributed by atoms with E-state index in [1.165, 1.54) is 18.2 Å². The van der Waals surface area contributed by atoms with Crippen molar-refractivity contribution < 1.29 is 19.4 Å². The molecule has 0 atom stereocenters. The van der Waals surface area contributed by atoms with E-state index in [0.29, 0.717) is 27.9 Å². The molecular weight excluding hydrogens is 332 g/mol. The molecule has 0 fully saturated rings. The molecule has 0 saturated heterocycles. The number of rotatable bonds is 6. The van der Waals surface area contributed by atoms with Crippen molar-refractivity contribution in [3.8, 4) is 11.5 Å². The molecule has 0 aliphatic heterocycles. The number of carboxylic acid groups (broad SMARTS) is 1. The minimum absolute atomic E-state index is 0.0109. The van der Waals surface area contributed by atoms with Crippen LogP contribution >= 0.6 is 11.6 Å². The standard InChI is InChI=1S/C17H17ClN2O4/c1-10(13-6-5-12(23-2)9-16(13)24-3)19-20-15-8-11(17(21)22)4-7-14(15)18/h4-9,20H,1-3H3,(H,21,22)/p-1/b19-10-. The second-order valence-corrected chi connectivity index (χ2v) is 5.26. The van der Waals surface area contributed by atoms with Gasteiger partial charge in [0.1, 0.15) is 11.5 Å². The van der Waals surface area contributed by atoms with Crippen LogP contribution in [0.4, 0.5) is 5.69 Å². The lowest BCUT2D eigenvalue weighted by Gasteiger charge is -2.11. The third kappa shape index (κ3) is 3.97. The number of anilines is 1. The van der Waals surface area contributed by atoms with Crippen molar-refractivity contribution in [3.63, 3.8) is 0 Å². The largest absolute Gasteiger partial charge is 0.545 e. The molecule has 2 aromatic carbocycles. The van der Waals surface area contributed by atoms with Gasteiger partial charge in [-0.05, 0) is 36.8 Å². The van der Waals surface area contributed by atoms with Crippen molar-refractivity contribution in [1.29, 1.82) is 0 Å². The van der Waals surface area contributed by atoms with Gasteiger partial charge in [0.2, 0.25) is 0 Å². The minimum atomic E-state index is -1.28. The number of nitrogens with zero attached hydrogens (tertiary/aromatic N) is 1. The molecule has 0 aliphatic carbocycles. The topological polar surface area (TPSA) is 83.0 Å². The smallest absolute Gasteiger partial charge is 0.131 e. The van der Waals surface area contributed by atoms with Gasteiger partial charge in [0.05, 0.1) is 36.6 Å². The van der Waals surface area contributed by atoms with E-state index >= 15 is 0 Å². The Hall–Kier alpha value is -2.73. The van der Waals surface area contributed by atoms with Crippen LogP contribution in [0.3, 0.4) is 0 Å². The lowest BCUT2D eigenvalue weighted by atomic mass is 10.1. The van der Waals surface area contributed by atoms with E-state index in [1.807, 2.05) is 6.07 Å². The molecule has 0 amide bonds. The summed E-state index contributed by atoms with van der Waals surface area (Å²) in [6.07, 6.45) is 0. The van der Waals surface area contributed by atoms with Crippen LogP contribution in [0.5, 0.6) is 11.5 Å². The number of benzene rings is 2. The minimum Gasteiger partial charge on any atom is -0.545 e. The van der Waals surface area contributed by atoms with Crippen molar-refractivity contribution >= 4 is 29.0 Å². The zero-order valence-electron chi connectivity index (χ0n) is 13.4. The predicted octanol–water partition coefficient (Wildman–Crippen LogP) is 2.56. The fourth-order valence-corrected chi connectivity index (χ4v) is 2.20. The third-order valence-corrected chi connectivity index (χ3v) is 3.67. The normalized spacial score (nSPS) is 11.1. The van der Waals surface area contributed by atoms with Gasteiger partial charge in [-0.15, -0.1) is 0 Å². The fourth-order valence-electron chi connectivity index (χ4n) is 2.04. The van der Waals surface area contributed by atoms with Crippen LogP contribution in [0.1, 0.15) is 22.8 Å². The number of halogens is 1. The van der Waals surface area contributed by atoms with E-state index in [0.717, 1.165) is 5.56 Å². The number of nitrogens with one attached hydrogen (secondary N) is 1. The number of hydrogen-bond acceptors (Lipinski definition) is 6. The van der Waals surface area contributed by atoms with E-state index in [1.54, 1.807) is 33.3 Å². The number of ether oxygens (including phenoxy) is 2. The number of carbonyl (C=O) groups excluding carboxylic acids is 1. The molecule has 0 heterocycles. The lowest BCUT2D eigenvalue weighted by Crippen LogP contribution is -2.22. The number of hydrogen-bond donors (Lipinski definition) is 1. The molecule has 7 heteroatoms. The average Bonchev–Trinajstić information content (AvgIpc) is 2.59. The number of carbonyl (C=O) groups is 1. The molecule has 0 aliphatic rings. The molecule has 24 heavy (non-hydrogen) atoms. The first-order valence-electron chi connectivity index (χ1n) is 7.00. The van der Waals surface area contributed by atoms with E-state index in [9.17, 15) is 9.90 Å². The summed E-state index contributed by atoms with van der Waals surface area (Å²) in [5.41, 5.74) is 4.53. The van der Waals surface area contributed by atoms with Crippen molar-refractivity contribution in [2.24, 2.45) is 5.10 Å². The van der Waals surface area contributed by atoms with Crippen LogP contribution in [0.2, 0.25) is 5.02 Å². The molecule has 0 bridgehead atoms. The van der Waals surface area contributed by atoms with Gasteiger partial charge in [-0.2, -0.15) is 5.10 Å². The molecule has 0 aromatic heterocycles. The molecular formula is C17H16ClN2O4-. The molecule has 2 rings (SSSR count). The Morgan fingerprint density at radius 2 is 1.92 bits per heavy atom. The van der Waals surface area contributed by atoms with E-state index in [-0.39, 0.29) is 5.56 Å². The van der Waals surface area contributed by atoms with Crippen LogP contribution in [-0.4, -0.2) is 25.9 Å². The third-order valence-electron chi connectivity index (χ3n) is 3.34. The zero-order valence-corrected chi connectivity index (χ0v) is 14.2. The van der Waals surface area contributed by atoms with Gasteiger partial charge >= 0.3 is 0 Å². The summed E-state index contributed by atoms with van der Waals surface area (Å²) in [6, 6.07) is 9.55. The highest BCUT2D eigenvalue weighted by atomic mass is 35.5. The van der Waals surface area contributed by atoms with Gasteiger partial charge in [-0.3, -0.25) is 5.43 Å². The average molecular weight is 348 g/mol. The van der Waals surface area contributed by atoms with Gasteiger partial charge in [0.15, 0.2) is 0 Å². The van der Waals surface area contributed by atoms with Gasteiger partial charge in [-0.1, -0.05) is 17.7 Å². The fraction of sp³-hybridized carbons (Fsp3) is 0.176. The Morgan fingerprint density at radius 3 is 2.54 bits per heavy atom. The molecule has 2 aromatic rings. The molecule has 0 saturated carbocycles. The molecule has 0 spiro atoms. The lowest BCUT2D eigenvalue weighted by molar-refractivity contribution is -0.255. The number of methoxy groups -OCH3 is 2. The number of hydrazone groups is 1. The maximum absolute atomic E-state index is 10.9. The Morgan fingerprint density at radius 1 is 1.17 bits per heavy atom. The number of carboxylic acids is 1. The van der Waals surface area contributed by atoms with Crippen LogP contribution in [0.25, 0.3) is 0 Å². The van der Waals surface area contributed by atoms with Gasteiger partial charge in [0, 0.05) is 11.6 Å². The summed E-state index contributed by atoms with van der Waals surface area (Å²) in [5, 5.41) is 15.5. The second-order valence-electron chi connectivity index (χ2n) is 4.86. The maximum Gasteiger partial charge on any atom is 0.131 e. The Bertz CT molecular complexity index is 790. The quantitative estimate of drug-likeness (QED) is 0.641. The maximum atomic E-state index is 10.9. The van der Waals surface area contributed by atoms with Crippen molar-refractivity contribution in [3.05, 3.63) is 52.5 Å². The highest BCUT2D eigenvalue weighted by Gasteiger charge is 2.09. The first kappa shape index (κ1) is 17.6. The summed E-state index contributed by atoms with van der Waals surface area (Å²) in [7, 11) is 3.13. The van der Waals surface area contributed by atoms with Crippen LogP contribution in [-0.2, 0) is 0 Å². The SMILES string of the molecule is COc1ccc(/C(C)=N\Nc2cc(C(=O)[O-])ccc2Cl)c(OC)c1. The summed E-state index contributed by atoms with van der Waals surface area (Å²) < 4.78 is 10.5. The Balaban J connectivity index is 2.29. The first-order valence-corrected chi connectivity index (χ1v) is 7.37. The molecule has 126 valence electrons. The molecule has 0 unspecified atom stereocenters.